The van der Waals surface area contributed by atoms with Crippen LogP contribution in [0.15, 0.2) is 72.7 Å². The normalized spacial score (nSPS) is 33.0. The minimum atomic E-state index is -0.145. The van der Waals surface area contributed by atoms with Gasteiger partial charge in [-0.1, -0.05) is 26.0 Å². The summed E-state index contributed by atoms with van der Waals surface area (Å²) in [5.74, 6) is 1.40. The average molecular weight is 282 g/mol. The molecule has 0 saturated heterocycles. The summed E-state index contributed by atoms with van der Waals surface area (Å²) in [4.78, 5) is 12.4. The van der Waals surface area contributed by atoms with E-state index in [0.717, 1.165) is 11.5 Å². The van der Waals surface area contributed by atoms with Crippen molar-refractivity contribution in [3.63, 3.8) is 0 Å². The van der Waals surface area contributed by atoms with Crippen LogP contribution in [-0.2, 0) is 14.3 Å². The van der Waals surface area contributed by atoms with Crippen molar-refractivity contribution >= 4 is 5.78 Å². The molecular formula is C18H18O3. The SMILES string of the molecule is CC1(C)C(C=C2C=CC=CO2)C(=O)C1C=C1C=CC=CO1. The van der Waals surface area contributed by atoms with E-state index in [0.29, 0.717) is 0 Å². The topological polar surface area (TPSA) is 35.5 Å². The monoisotopic (exact) mass is 282 g/mol. The average Bonchev–Trinajstić information content (AvgIpc) is 2.52. The van der Waals surface area contributed by atoms with Crippen molar-refractivity contribution in [2.24, 2.45) is 17.3 Å². The molecule has 3 heteroatoms. The third-order valence-electron chi connectivity index (χ3n) is 4.19. The molecule has 0 N–H and O–H groups in total. The summed E-state index contributed by atoms with van der Waals surface area (Å²) in [5, 5.41) is 0. The van der Waals surface area contributed by atoms with Gasteiger partial charge >= 0.3 is 0 Å². The number of ether oxygens (including phenoxy) is 2. The molecular weight excluding hydrogens is 264 g/mol. The first kappa shape index (κ1) is 13.7. The summed E-state index contributed by atoms with van der Waals surface area (Å²) in [7, 11) is 0. The quantitative estimate of drug-likeness (QED) is 0.773. The maximum absolute atomic E-state index is 12.4. The standard InChI is InChI=1S/C18H18O3/c1-18(2)15(11-13-7-3-5-9-20-13)17(19)16(18)12-14-8-4-6-10-21-14/h3-12,15-16H,1-2H3. The van der Waals surface area contributed by atoms with E-state index >= 15 is 0 Å². The third kappa shape index (κ3) is 2.51. The molecule has 2 heterocycles. The molecule has 0 spiro atoms. The third-order valence-corrected chi connectivity index (χ3v) is 4.19. The number of allylic oxidation sites excluding steroid dienone is 8. The van der Waals surface area contributed by atoms with Crippen LogP contribution in [0.25, 0.3) is 0 Å². The van der Waals surface area contributed by atoms with E-state index in [1.807, 2.05) is 48.6 Å². The summed E-state index contributed by atoms with van der Waals surface area (Å²) in [6, 6.07) is 0. The molecule has 1 aliphatic carbocycles. The minimum Gasteiger partial charge on any atom is -0.465 e. The highest BCUT2D eigenvalue weighted by molar-refractivity contribution is 5.94. The Bertz CT molecular complexity index is 575. The largest absolute Gasteiger partial charge is 0.465 e. The van der Waals surface area contributed by atoms with Crippen molar-refractivity contribution in [1.29, 1.82) is 0 Å². The number of Topliss-reactive ketones (excluding diaryl/α,β-unsaturated/α-hetero) is 1. The van der Waals surface area contributed by atoms with Gasteiger partial charge in [0.15, 0.2) is 0 Å². The van der Waals surface area contributed by atoms with Gasteiger partial charge in [-0.25, -0.2) is 0 Å². The zero-order chi connectivity index (χ0) is 14.9. The Morgan fingerprint density at radius 3 is 1.71 bits per heavy atom. The van der Waals surface area contributed by atoms with E-state index in [9.17, 15) is 4.79 Å². The second kappa shape index (κ2) is 5.24. The molecule has 0 aromatic heterocycles. The lowest BCUT2D eigenvalue weighted by atomic mass is 9.53. The maximum Gasteiger partial charge on any atom is 0.147 e. The Balaban J connectivity index is 1.77. The maximum atomic E-state index is 12.4. The van der Waals surface area contributed by atoms with Gasteiger partial charge in [0.25, 0.3) is 0 Å². The Morgan fingerprint density at radius 1 is 0.905 bits per heavy atom. The summed E-state index contributed by atoms with van der Waals surface area (Å²) in [6.07, 6.45) is 18.2. The van der Waals surface area contributed by atoms with Crippen LogP contribution in [-0.4, -0.2) is 5.78 Å². The van der Waals surface area contributed by atoms with Crippen LogP contribution < -0.4 is 0 Å². The van der Waals surface area contributed by atoms with Crippen molar-refractivity contribution in [2.45, 2.75) is 13.8 Å². The number of carbonyl (C=O) groups is 1. The fourth-order valence-corrected chi connectivity index (χ4v) is 2.84. The smallest absolute Gasteiger partial charge is 0.147 e. The lowest BCUT2D eigenvalue weighted by molar-refractivity contribution is -0.144. The number of rotatable bonds is 2. The van der Waals surface area contributed by atoms with Crippen molar-refractivity contribution in [3.05, 3.63) is 72.7 Å². The Hall–Kier alpha value is -2.29. The van der Waals surface area contributed by atoms with Crippen LogP contribution >= 0.6 is 0 Å². The molecule has 2 atom stereocenters. The molecule has 0 aromatic carbocycles. The number of hydrogen-bond acceptors (Lipinski definition) is 3. The molecule has 0 amide bonds. The van der Waals surface area contributed by atoms with Crippen LogP contribution in [0.2, 0.25) is 0 Å². The minimum absolute atomic E-state index is 0.131. The fraction of sp³-hybridized carbons (Fsp3) is 0.278. The highest BCUT2D eigenvalue weighted by Crippen LogP contribution is 2.50. The summed E-state index contributed by atoms with van der Waals surface area (Å²) < 4.78 is 10.8. The summed E-state index contributed by atoms with van der Waals surface area (Å²) in [6.45, 7) is 4.20. The lowest BCUT2D eigenvalue weighted by Crippen LogP contribution is -2.52. The van der Waals surface area contributed by atoms with Gasteiger partial charge in [0, 0.05) is 11.8 Å². The van der Waals surface area contributed by atoms with E-state index < -0.39 is 0 Å². The van der Waals surface area contributed by atoms with E-state index in [1.54, 1.807) is 12.5 Å². The number of hydrogen-bond donors (Lipinski definition) is 0. The van der Waals surface area contributed by atoms with Crippen molar-refractivity contribution < 1.29 is 14.3 Å². The predicted octanol–water partition coefficient (Wildman–Crippen LogP) is 3.80. The molecule has 3 aliphatic rings. The van der Waals surface area contributed by atoms with Crippen molar-refractivity contribution in [2.75, 3.05) is 0 Å². The van der Waals surface area contributed by atoms with E-state index in [-0.39, 0.29) is 23.0 Å². The van der Waals surface area contributed by atoms with Gasteiger partial charge in [-0.15, -0.1) is 0 Å². The Morgan fingerprint density at radius 2 is 1.38 bits per heavy atom. The van der Waals surface area contributed by atoms with Crippen LogP contribution in [0.4, 0.5) is 0 Å². The van der Waals surface area contributed by atoms with Crippen LogP contribution in [0.3, 0.4) is 0 Å². The highest BCUT2D eigenvalue weighted by atomic mass is 16.5. The van der Waals surface area contributed by atoms with Crippen LogP contribution in [0, 0.1) is 17.3 Å². The van der Waals surface area contributed by atoms with Crippen molar-refractivity contribution in [3.8, 4) is 0 Å². The molecule has 1 saturated carbocycles. The van der Waals surface area contributed by atoms with Gasteiger partial charge in [0.1, 0.15) is 17.3 Å². The molecule has 3 nitrogen and oxygen atoms in total. The van der Waals surface area contributed by atoms with E-state index in [4.69, 9.17) is 9.47 Å². The molecule has 1 fully saturated rings. The second-order valence-electron chi connectivity index (χ2n) is 5.93. The summed E-state index contributed by atoms with van der Waals surface area (Å²) >= 11 is 0. The van der Waals surface area contributed by atoms with Gasteiger partial charge in [-0.2, -0.15) is 0 Å². The first-order valence-electron chi connectivity index (χ1n) is 7.06. The molecule has 0 bridgehead atoms. The predicted molar refractivity (Wildman–Crippen MR) is 80.7 cm³/mol. The summed E-state index contributed by atoms with van der Waals surface area (Å²) in [5.41, 5.74) is -0.145. The molecule has 0 aromatic rings. The molecule has 21 heavy (non-hydrogen) atoms. The molecule has 2 unspecified atom stereocenters. The first-order valence-corrected chi connectivity index (χ1v) is 7.06. The van der Waals surface area contributed by atoms with Gasteiger partial charge < -0.3 is 9.47 Å². The lowest BCUT2D eigenvalue weighted by Gasteiger charge is -2.48. The van der Waals surface area contributed by atoms with Gasteiger partial charge in [0.2, 0.25) is 0 Å². The molecule has 0 radical (unpaired) electrons. The van der Waals surface area contributed by atoms with Crippen molar-refractivity contribution in [1.82, 2.24) is 0 Å². The zero-order valence-corrected chi connectivity index (χ0v) is 12.2. The zero-order valence-electron chi connectivity index (χ0n) is 12.2. The second-order valence-corrected chi connectivity index (χ2v) is 5.93. The fourth-order valence-electron chi connectivity index (χ4n) is 2.84. The number of ketones is 1. The van der Waals surface area contributed by atoms with Gasteiger partial charge in [0.05, 0.1) is 12.5 Å². The van der Waals surface area contributed by atoms with Gasteiger partial charge in [-0.3, -0.25) is 4.79 Å². The van der Waals surface area contributed by atoms with E-state index in [2.05, 4.69) is 13.8 Å². The molecule has 2 aliphatic heterocycles. The van der Waals surface area contributed by atoms with Gasteiger partial charge in [-0.05, 0) is 41.9 Å². The Kier molecular flexibility index (Phi) is 3.42. The number of carbonyl (C=O) groups excluding carboxylic acids is 1. The first-order chi connectivity index (χ1) is 10.1. The van der Waals surface area contributed by atoms with Crippen LogP contribution in [0.5, 0.6) is 0 Å². The molecule has 3 rings (SSSR count). The van der Waals surface area contributed by atoms with Crippen LogP contribution in [0.1, 0.15) is 13.8 Å². The highest BCUT2D eigenvalue weighted by Gasteiger charge is 2.54. The Labute approximate surface area is 124 Å². The molecule has 108 valence electrons. The van der Waals surface area contributed by atoms with E-state index in [1.165, 1.54) is 0 Å².